The molecule has 1 unspecified atom stereocenters. The number of aromatic nitrogens is 1. The minimum atomic E-state index is -0.447. The lowest BCUT2D eigenvalue weighted by molar-refractivity contribution is -0.118. The van der Waals surface area contributed by atoms with Crippen LogP contribution < -0.4 is 16.4 Å². The number of amides is 2. The molecule has 0 saturated carbocycles. The van der Waals surface area contributed by atoms with E-state index >= 15 is 0 Å². The Labute approximate surface area is 106 Å². The van der Waals surface area contributed by atoms with Gasteiger partial charge in [-0.05, 0) is 26.0 Å². The van der Waals surface area contributed by atoms with Gasteiger partial charge in [0.1, 0.15) is 11.5 Å². The summed E-state index contributed by atoms with van der Waals surface area (Å²) in [4.78, 5) is 26.7. The number of anilines is 1. The van der Waals surface area contributed by atoms with Gasteiger partial charge in [0.25, 0.3) is 5.91 Å². The van der Waals surface area contributed by atoms with Crippen molar-refractivity contribution in [2.45, 2.75) is 26.3 Å². The number of nitrogens with two attached hydrogens (primary N) is 1. The second kappa shape index (κ2) is 6.58. The fraction of sp³-hybridized carbons (Fsp3) is 0.417. The Hall–Kier alpha value is -2.11. The van der Waals surface area contributed by atoms with Crippen molar-refractivity contribution in [1.82, 2.24) is 10.3 Å². The van der Waals surface area contributed by atoms with Gasteiger partial charge in [0.15, 0.2) is 0 Å². The number of primary amides is 1. The minimum Gasteiger partial charge on any atom is -0.370 e. The lowest BCUT2D eigenvalue weighted by atomic mass is 10.2. The molecule has 1 heterocycles. The van der Waals surface area contributed by atoms with E-state index in [0.29, 0.717) is 11.5 Å². The molecule has 18 heavy (non-hydrogen) atoms. The molecular weight excluding hydrogens is 232 g/mol. The van der Waals surface area contributed by atoms with Crippen LogP contribution in [-0.4, -0.2) is 29.4 Å². The van der Waals surface area contributed by atoms with E-state index in [2.05, 4.69) is 15.6 Å². The Morgan fingerprint density at radius 1 is 1.44 bits per heavy atom. The number of nitrogens with zero attached hydrogens (tertiary/aromatic N) is 1. The number of rotatable bonds is 6. The summed E-state index contributed by atoms with van der Waals surface area (Å²) < 4.78 is 0. The van der Waals surface area contributed by atoms with Gasteiger partial charge in [0.2, 0.25) is 5.91 Å². The number of hydrogen-bond donors (Lipinski definition) is 3. The highest BCUT2D eigenvalue weighted by atomic mass is 16.2. The maximum absolute atomic E-state index is 11.8. The van der Waals surface area contributed by atoms with Gasteiger partial charge < -0.3 is 16.4 Å². The number of pyridine rings is 1. The van der Waals surface area contributed by atoms with Gasteiger partial charge >= 0.3 is 0 Å². The maximum atomic E-state index is 11.8. The van der Waals surface area contributed by atoms with E-state index in [-0.39, 0.29) is 18.4 Å². The summed E-state index contributed by atoms with van der Waals surface area (Å²) in [6.45, 7) is 4.40. The van der Waals surface area contributed by atoms with Crippen molar-refractivity contribution in [2.24, 2.45) is 5.73 Å². The second-order valence-corrected chi connectivity index (χ2v) is 3.98. The van der Waals surface area contributed by atoms with Gasteiger partial charge in [-0.1, -0.05) is 6.07 Å². The van der Waals surface area contributed by atoms with Crippen molar-refractivity contribution in [2.75, 3.05) is 11.9 Å². The largest absolute Gasteiger partial charge is 0.370 e. The molecule has 0 saturated heterocycles. The number of hydrogen-bond acceptors (Lipinski definition) is 4. The molecule has 98 valence electrons. The summed E-state index contributed by atoms with van der Waals surface area (Å²) >= 11 is 0. The van der Waals surface area contributed by atoms with Crippen LogP contribution in [0.15, 0.2) is 18.2 Å². The first-order chi connectivity index (χ1) is 8.52. The number of carbonyl (C=O) groups excluding carboxylic acids is 2. The van der Waals surface area contributed by atoms with E-state index in [1.807, 2.05) is 6.92 Å². The summed E-state index contributed by atoms with van der Waals surface area (Å²) in [7, 11) is 0. The van der Waals surface area contributed by atoms with Gasteiger partial charge in [-0.3, -0.25) is 9.59 Å². The van der Waals surface area contributed by atoms with Gasteiger partial charge in [-0.2, -0.15) is 0 Å². The normalized spacial score (nSPS) is 11.7. The Bertz CT molecular complexity index is 434. The van der Waals surface area contributed by atoms with Crippen molar-refractivity contribution < 1.29 is 9.59 Å². The van der Waals surface area contributed by atoms with Crippen molar-refractivity contribution in [3.05, 3.63) is 23.9 Å². The quantitative estimate of drug-likeness (QED) is 0.685. The van der Waals surface area contributed by atoms with Crippen LogP contribution in [0.25, 0.3) is 0 Å². The Kier molecular flexibility index (Phi) is 5.10. The third-order valence-electron chi connectivity index (χ3n) is 2.22. The zero-order valence-corrected chi connectivity index (χ0v) is 10.6. The molecule has 0 aliphatic heterocycles. The SMILES string of the molecule is CCNc1cccc(C(=O)NC(C)CC(N)=O)n1. The van der Waals surface area contributed by atoms with Gasteiger partial charge in [0, 0.05) is 19.0 Å². The molecule has 1 rings (SSSR count). The lowest BCUT2D eigenvalue weighted by Crippen LogP contribution is -2.36. The number of carbonyl (C=O) groups is 2. The molecule has 6 nitrogen and oxygen atoms in total. The molecule has 0 aromatic carbocycles. The number of nitrogens with one attached hydrogen (secondary N) is 2. The van der Waals surface area contributed by atoms with Crippen LogP contribution >= 0.6 is 0 Å². The summed E-state index contributed by atoms with van der Waals surface area (Å²) in [5.41, 5.74) is 5.37. The van der Waals surface area contributed by atoms with Crippen molar-refractivity contribution >= 4 is 17.6 Å². The van der Waals surface area contributed by atoms with E-state index in [4.69, 9.17) is 5.73 Å². The predicted octanol–water partition coefficient (Wildman–Crippen LogP) is 0.507. The van der Waals surface area contributed by atoms with Crippen LogP contribution in [0.3, 0.4) is 0 Å². The van der Waals surface area contributed by atoms with E-state index in [1.54, 1.807) is 25.1 Å². The summed E-state index contributed by atoms with van der Waals surface area (Å²) in [5.74, 6) is -0.117. The van der Waals surface area contributed by atoms with Crippen LogP contribution in [-0.2, 0) is 4.79 Å². The summed E-state index contributed by atoms with van der Waals surface area (Å²) in [6.07, 6.45) is 0.110. The smallest absolute Gasteiger partial charge is 0.270 e. The first-order valence-electron chi connectivity index (χ1n) is 5.83. The third kappa shape index (κ3) is 4.40. The van der Waals surface area contributed by atoms with Crippen LogP contribution in [0.1, 0.15) is 30.8 Å². The molecular formula is C12H18N4O2. The van der Waals surface area contributed by atoms with Crippen LogP contribution in [0.4, 0.5) is 5.82 Å². The van der Waals surface area contributed by atoms with E-state index < -0.39 is 5.91 Å². The fourth-order valence-corrected chi connectivity index (χ4v) is 1.49. The summed E-state index contributed by atoms with van der Waals surface area (Å²) in [5, 5.41) is 5.69. The molecule has 0 radical (unpaired) electrons. The van der Waals surface area contributed by atoms with Gasteiger partial charge in [0.05, 0.1) is 0 Å². The first kappa shape index (κ1) is 14.0. The topological polar surface area (TPSA) is 97.1 Å². The summed E-state index contributed by atoms with van der Waals surface area (Å²) in [6, 6.07) is 4.85. The van der Waals surface area contributed by atoms with Crippen molar-refractivity contribution in [1.29, 1.82) is 0 Å². The Morgan fingerprint density at radius 2 is 2.17 bits per heavy atom. The third-order valence-corrected chi connectivity index (χ3v) is 2.22. The van der Waals surface area contributed by atoms with Crippen LogP contribution in [0, 0.1) is 0 Å². The van der Waals surface area contributed by atoms with E-state index in [9.17, 15) is 9.59 Å². The minimum absolute atomic E-state index is 0.110. The molecule has 0 spiro atoms. The van der Waals surface area contributed by atoms with Crippen molar-refractivity contribution in [3.63, 3.8) is 0 Å². The highest BCUT2D eigenvalue weighted by Gasteiger charge is 2.12. The van der Waals surface area contributed by atoms with E-state index in [1.165, 1.54) is 0 Å². The average Bonchev–Trinajstić information content (AvgIpc) is 2.28. The molecule has 0 bridgehead atoms. The first-order valence-corrected chi connectivity index (χ1v) is 5.83. The molecule has 0 aliphatic rings. The highest BCUT2D eigenvalue weighted by molar-refractivity contribution is 5.93. The Balaban J connectivity index is 2.66. The lowest BCUT2D eigenvalue weighted by Gasteiger charge is -2.12. The Morgan fingerprint density at radius 3 is 2.78 bits per heavy atom. The molecule has 4 N–H and O–H groups in total. The molecule has 2 amide bonds. The molecule has 1 aromatic heterocycles. The molecule has 1 atom stereocenters. The molecule has 0 aliphatic carbocycles. The molecule has 1 aromatic rings. The van der Waals surface area contributed by atoms with Crippen LogP contribution in [0.2, 0.25) is 0 Å². The zero-order chi connectivity index (χ0) is 13.5. The van der Waals surface area contributed by atoms with Crippen molar-refractivity contribution in [3.8, 4) is 0 Å². The zero-order valence-electron chi connectivity index (χ0n) is 10.6. The van der Waals surface area contributed by atoms with Crippen LogP contribution in [0.5, 0.6) is 0 Å². The molecule has 0 fully saturated rings. The van der Waals surface area contributed by atoms with Gasteiger partial charge in [-0.15, -0.1) is 0 Å². The predicted molar refractivity (Wildman–Crippen MR) is 69.1 cm³/mol. The maximum Gasteiger partial charge on any atom is 0.270 e. The standard InChI is InChI=1S/C12H18N4O2/c1-3-14-11-6-4-5-9(16-11)12(18)15-8(2)7-10(13)17/h4-6,8H,3,7H2,1-2H3,(H2,13,17)(H,14,16)(H,15,18). The van der Waals surface area contributed by atoms with Gasteiger partial charge in [-0.25, -0.2) is 4.98 Å². The van der Waals surface area contributed by atoms with E-state index in [0.717, 1.165) is 6.54 Å². The highest BCUT2D eigenvalue weighted by Crippen LogP contribution is 2.05. The molecule has 6 heteroatoms. The average molecular weight is 250 g/mol. The fourth-order valence-electron chi connectivity index (χ4n) is 1.49. The second-order valence-electron chi connectivity index (χ2n) is 3.98. The monoisotopic (exact) mass is 250 g/mol.